The number of fused-ring (bicyclic) bond motifs is 1. The molecule has 11 heteroatoms. The molecule has 1 aliphatic rings. The summed E-state index contributed by atoms with van der Waals surface area (Å²) in [5.74, 6) is -1.15. The van der Waals surface area contributed by atoms with E-state index in [0.717, 1.165) is 16.8 Å². The second kappa shape index (κ2) is 10.3. The first-order chi connectivity index (χ1) is 18.3. The van der Waals surface area contributed by atoms with Crippen molar-refractivity contribution in [3.05, 3.63) is 60.2 Å². The normalized spacial score (nSPS) is 19.6. The lowest BCUT2D eigenvalue weighted by molar-refractivity contribution is -0.173. The van der Waals surface area contributed by atoms with Crippen LogP contribution in [-0.4, -0.2) is 67.2 Å². The number of carboxylic acid groups (broad SMARTS) is 1. The van der Waals surface area contributed by atoms with Crippen molar-refractivity contribution >= 4 is 23.2 Å². The van der Waals surface area contributed by atoms with Gasteiger partial charge in [-0.3, -0.25) is 4.79 Å². The minimum absolute atomic E-state index is 0.158. The Labute approximate surface area is 219 Å². The van der Waals surface area contributed by atoms with Gasteiger partial charge in [0.05, 0.1) is 42.6 Å². The third kappa shape index (κ3) is 4.54. The van der Waals surface area contributed by atoms with E-state index in [1.165, 1.54) is 11.4 Å². The number of rotatable bonds is 9. The Morgan fingerprint density at radius 3 is 2.53 bits per heavy atom. The first-order valence-corrected chi connectivity index (χ1v) is 12.5. The lowest BCUT2D eigenvalue weighted by atomic mass is 9.76. The number of methoxy groups -OCH3 is 1. The van der Waals surface area contributed by atoms with Crippen LogP contribution >= 0.6 is 0 Å². The highest BCUT2D eigenvalue weighted by molar-refractivity contribution is 6.00. The molecule has 0 bridgehead atoms. The summed E-state index contributed by atoms with van der Waals surface area (Å²) in [4.78, 5) is 29.7. The minimum Gasteiger partial charge on any atom is -0.479 e. The molecule has 11 nitrogen and oxygen atoms in total. The molecule has 198 valence electrons. The molecule has 0 spiro atoms. The van der Waals surface area contributed by atoms with Gasteiger partial charge in [-0.1, -0.05) is 18.2 Å². The number of nitrogens with zero attached hydrogens (tertiary/aromatic N) is 5. The third-order valence-electron chi connectivity index (χ3n) is 7.21. The Morgan fingerprint density at radius 2 is 1.87 bits per heavy atom. The number of hydrogen-bond acceptors (Lipinski definition) is 8. The number of nitrogens with two attached hydrogens (primary N) is 1. The zero-order valence-electron chi connectivity index (χ0n) is 21.3. The standard InChI is InChI=1S/C27H30N6O5/c1-17(34)22-23(18-8-10-27(11-9-18,26(35)36)38-13-12-37-2)31-25-21(15-30-33(25)24(22)28)19-14-29-32(16-19)20-6-4-3-5-7-20/h3-7,14-16,18H,8-13,28H2,1-2H3,(H,35,36). The molecule has 3 N–H and O–H groups in total. The van der Waals surface area contributed by atoms with Crippen LogP contribution < -0.4 is 5.73 Å². The maximum absolute atomic E-state index is 12.7. The smallest absolute Gasteiger partial charge is 0.335 e. The lowest BCUT2D eigenvalue weighted by Gasteiger charge is -2.37. The van der Waals surface area contributed by atoms with Crippen molar-refractivity contribution < 1.29 is 24.2 Å². The third-order valence-corrected chi connectivity index (χ3v) is 7.21. The van der Waals surface area contributed by atoms with Gasteiger partial charge in [0.15, 0.2) is 17.0 Å². The van der Waals surface area contributed by atoms with Crippen LogP contribution in [0.25, 0.3) is 22.5 Å². The number of Topliss-reactive ketones (excluding diaryl/α,β-unsaturated/α-hetero) is 1. The number of aromatic nitrogens is 5. The molecule has 3 aromatic heterocycles. The molecule has 1 aromatic carbocycles. The van der Waals surface area contributed by atoms with E-state index in [-0.39, 0.29) is 37.0 Å². The molecular formula is C27H30N6O5. The van der Waals surface area contributed by atoms with Gasteiger partial charge in [0, 0.05) is 30.4 Å². The van der Waals surface area contributed by atoms with Gasteiger partial charge in [0.2, 0.25) is 0 Å². The average Bonchev–Trinajstić information content (AvgIpc) is 3.57. The number of carbonyl (C=O) groups is 2. The zero-order chi connectivity index (χ0) is 26.9. The maximum atomic E-state index is 12.7. The second-order valence-corrected chi connectivity index (χ2v) is 9.53. The van der Waals surface area contributed by atoms with E-state index in [2.05, 4.69) is 10.2 Å². The molecule has 0 saturated heterocycles. The number of carbonyl (C=O) groups excluding carboxylic acids is 1. The SMILES string of the molecule is COCCOC1(C(=O)O)CCC(c2nc3c(-c4cnn(-c5ccccc5)c4)cnn3c(N)c2C(C)=O)CC1. The predicted molar refractivity (Wildman–Crippen MR) is 139 cm³/mol. The molecule has 4 aromatic rings. The molecule has 0 aliphatic heterocycles. The van der Waals surface area contributed by atoms with E-state index in [1.807, 2.05) is 36.5 Å². The maximum Gasteiger partial charge on any atom is 0.335 e. The van der Waals surface area contributed by atoms with E-state index >= 15 is 0 Å². The van der Waals surface area contributed by atoms with Crippen LogP contribution in [0.15, 0.2) is 48.9 Å². The lowest BCUT2D eigenvalue weighted by Crippen LogP contribution is -2.45. The summed E-state index contributed by atoms with van der Waals surface area (Å²) in [5.41, 5.74) is 9.05. The van der Waals surface area contributed by atoms with Crippen LogP contribution in [0.2, 0.25) is 0 Å². The van der Waals surface area contributed by atoms with Crippen molar-refractivity contribution in [1.82, 2.24) is 24.4 Å². The fraction of sp³-hybridized carbons (Fsp3) is 0.370. The topological polar surface area (TPSA) is 147 Å². The molecule has 5 rings (SSSR count). The van der Waals surface area contributed by atoms with E-state index in [1.54, 1.807) is 24.2 Å². The number of nitrogen functional groups attached to an aromatic ring is 1. The molecule has 0 radical (unpaired) electrons. The summed E-state index contributed by atoms with van der Waals surface area (Å²) in [6.45, 7) is 1.96. The summed E-state index contributed by atoms with van der Waals surface area (Å²) in [6.07, 6.45) is 6.84. The molecule has 1 fully saturated rings. The average molecular weight is 519 g/mol. The first-order valence-electron chi connectivity index (χ1n) is 12.5. The van der Waals surface area contributed by atoms with E-state index in [0.29, 0.717) is 36.4 Å². The highest BCUT2D eigenvalue weighted by Crippen LogP contribution is 2.42. The van der Waals surface area contributed by atoms with Crippen molar-refractivity contribution in [2.75, 3.05) is 26.1 Å². The fourth-order valence-corrected chi connectivity index (χ4v) is 5.17. The summed E-state index contributed by atoms with van der Waals surface area (Å²) in [5, 5.41) is 18.8. The first kappa shape index (κ1) is 25.6. The van der Waals surface area contributed by atoms with E-state index < -0.39 is 11.6 Å². The van der Waals surface area contributed by atoms with Crippen molar-refractivity contribution in [2.24, 2.45) is 0 Å². The second-order valence-electron chi connectivity index (χ2n) is 9.53. The van der Waals surface area contributed by atoms with Gasteiger partial charge in [0.1, 0.15) is 5.82 Å². The Balaban J connectivity index is 1.51. The quantitative estimate of drug-likeness (QED) is 0.251. The number of carboxylic acids is 1. The van der Waals surface area contributed by atoms with Gasteiger partial charge in [-0.25, -0.2) is 14.5 Å². The summed E-state index contributed by atoms with van der Waals surface area (Å²) < 4.78 is 14.0. The van der Waals surface area contributed by atoms with Crippen molar-refractivity contribution in [3.8, 4) is 16.8 Å². The largest absolute Gasteiger partial charge is 0.479 e. The summed E-state index contributed by atoms with van der Waals surface area (Å²) >= 11 is 0. The fourth-order valence-electron chi connectivity index (χ4n) is 5.17. The molecule has 0 unspecified atom stereocenters. The Kier molecular flexibility index (Phi) is 6.96. The molecule has 3 heterocycles. The van der Waals surface area contributed by atoms with Crippen LogP contribution in [0.3, 0.4) is 0 Å². The minimum atomic E-state index is -1.28. The van der Waals surface area contributed by atoms with Crippen LogP contribution in [-0.2, 0) is 14.3 Å². The highest BCUT2D eigenvalue weighted by atomic mass is 16.5. The molecule has 0 atom stereocenters. The molecule has 1 aliphatic carbocycles. The number of anilines is 1. The van der Waals surface area contributed by atoms with Gasteiger partial charge in [0.25, 0.3) is 0 Å². The number of aliphatic carboxylic acids is 1. The van der Waals surface area contributed by atoms with Gasteiger partial charge >= 0.3 is 5.97 Å². The van der Waals surface area contributed by atoms with Crippen molar-refractivity contribution in [1.29, 1.82) is 0 Å². The van der Waals surface area contributed by atoms with Crippen LogP contribution in [0.1, 0.15) is 54.6 Å². The van der Waals surface area contributed by atoms with E-state index in [9.17, 15) is 14.7 Å². The monoisotopic (exact) mass is 518 g/mol. The number of para-hydroxylation sites is 1. The Bertz CT molecular complexity index is 1470. The van der Waals surface area contributed by atoms with Crippen molar-refractivity contribution in [3.63, 3.8) is 0 Å². The molecule has 38 heavy (non-hydrogen) atoms. The Hall–Kier alpha value is -4.09. The van der Waals surface area contributed by atoms with Gasteiger partial charge in [-0.2, -0.15) is 14.7 Å². The highest BCUT2D eigenvalue weighted by Gasteiger charge is 2.44. The number of benzene rings is 1. The van der Waals surface area contributed by atoms with Crippen LogP contribution in [0.5, 0.6) is 0 Å². The van der Waals surface area contributed by atoms with Gasteiger partial charge in [-0.15, -0.1) is 0 Å². The predicted octanol–water partition coefficient (Wildman–Crippen LogP) is 3.51. The molecule has 1 saturated carbocycles. The molecule has 0 amide bonds. The number of ketones is 1. The van der Waals surface area contributed by atoms with Crippen molar-refractivity contribution in [2.45, 2.75) is 44.1 Å². The molecular weight excluding hydrogens is 488 g/mol. The zero-order valence-corrected chi connectivity index (χ0v) is 21.3. The van der Waals surface area contributed by atoms with Crippen LogP contribution in [0.4, 0.5) is 5.82 Å². The van der Waals surface area contributed by atoms with Gasteiger partial charge in [-0.05, 0) is 44.7 Å². The van der Waals surface area contributed by atoms with Gasteiger partial charge < -0.3 is 20.3 Å². The number of ether oxygens (including phenoxy) is 2. The Morgan fingerprint density at radius 1 is 1.13 bits per heavy atom. The van der Waals surface area contributed by atoms with Crippen LogP contribution in [0, 0.1) is 0 Å². The summed E-state index contributed by atoms with van der Waals surface area (Å²) in [7, 11) is 1.54. The number of hydrogen-bond donors (Lipinski definition) is 2. The van der Waals surface area contributed by atoms with E-state index in [4.69, 9.17) is 20.2 Å². The summed E-state index contributed by atoms with van der Waals surface area (Å²) in [6, 6.07) is 9.74.